The molecule has 4 nitrogen and oxygen atoms in total. The monoisotopic (exact) mass is 309 g/mol. The van der Waals surface area contributed by atoms with Crippen molar-refractivity contribution in [2.45, 2.75) is 83.0 Å². The van der Waals surface area contributed by atoms with Crippen molar-refractivity contribution in [3.8, 4) is 0 Å². The van der Waals surface area contributed by atoms with Crippen LogP contribution in [0.4, 0.5) is 0 Å². The molecule has 0 unspecified atom stereocenters. The fourth-order valence-corrected chi connectivity index (χ4v) is 4.89. The van der Waals surface area contributed by atoms with E-state index in [0.29, 0.717) is 18.6 Å². The molecule has 3 aliphatic rings. The first-order valence-corrected chi connectivity index (χ1v) is 9.16. The van der Waals surface area contributed by atoms with Crippen LogP contribution in [-0.2, 0) is 14.3 Å². The highest BCUT2D eigenvalue weighted by Gasteiger charge is 2.57. The quantitative estimate of drug-likeness (QED) is 0.783. The van der Waals surface area contributed by atoms with Crippen molar-refractivity contribution in [2.75, 3.05) is 20.3 Å². The highest BCUT2D eigenvalue weighted by molar-refractivity contribution is 5.77. The third-order valence-corrected chi connectivity index (χ3v) is 6.18. The minimum Gasteiger partial charge on any atom is -0.378 e. The maximum atomic E-state index is 12.6. The van der Waals surface area contributed by atoms with Crippen molar-refractivity contribution in [3.05, 3.63) is 0 Å². The number of ether oxygens (including phenoxy) is 2. The first-order valence-electron chi connectivity index (χ1n) is 9.16. The van der Waals surface area contributed by atoms with Gasteiger partial charge in [-0.25, -0.2) is 0 Å². The molecule has 4 heteroatoms. The van der Waals surface area contributed by atoms with Gasteiger partial charge in [0.15, 0.2) is 0 Å². The van der Waals surface area contributed by atoms with E-state index in [9.17, 15) is 4.79 Å². The predicted octanol–water partition coefficient (Wildman–Crippen LogP) is 3.14. The van der Waals surface area contributed by atoms with Gasteiger partial charge in [-0.15, -0.1) is 0 Å². The van der Waals surface area contributed by atoms with Gasteiger partial charge in [0.05, 0.1) is 18.6 Å². The first-order chi connectivity index (χ1) is 10.7. The van der Waals surface area contributed by atoms with E-state index < -0.39 is 0 Å². The van der Waals surface area contributed by atoms with Gasteiger partial charge in [-0.1, -0.05) is 19.3 Å². The second-order valence-electron chi connectivity index (χ2n) is 7.33. The van der Waals surface area contributed by atoms with E-state index in [0.717, 1.165) is 32.5 Å². The Morgan fingerprint density at radius 1 is 1.27 bits per heavy atom. The average molecular weight is 309 g/mol. The molecule has 3 rings (SSSR count). The Kier molecular flexibility index (Phi) is 5.08. The van der Waals surface area contributed by atoms with Crippen LogP contribution >= 0.6 is 0 Å². The van der Waals surface area contributed by atoms with E-state index in [2.05, 4.69) is 6.92 Å². The molecule has 1 aliphatic heterocycles. The summed E-state index contributed by atoms with van der Waals surface area (Å²) < 4.78 is 11.6. The lowest BCUT2D eigenvalue weighted by atomic mass is 9.54. The predicted molar refractivity (Wildman–Crippen MR) is 85.7 cm³/mol. The number of hydrogen-bond donors (Lipinski definition) is 0. The van der Waals surface area contributed by atoms with Crippen molar-refractivity contribution < 1.29 is 14.3 Å². The SMILES string of the molecule is CCO[C@@H]1C[C@@H](N(C)C(=O)C[C@@H]2CCCO2)C12CCCCC2. The summed E-state index contributed by atoms with van der Waals surface area (Å²) in [5.74, 6) is 0.261. The zero-order valence-electron chi connectivity index (χ0n) is 14.2. The fraction of sp³-hybridized carbons (Fsp3) is 0.944. The van der Waals surface area contributed by atoms with Crippen molar-refractivity contribution in [2.24, 2.45) is 5.41 Å². The minimum absolute atomic E-state index is 0.153. The zero-order valence-corrected chi connectivity index (χ0v) is 14.2. The molecule has 1 saturated heterocycles. The van der Waals surface area contributed by atoms with Gasteiger partial charge in [-0.3, -0.25) is 4.79 Å². The lowest BCUT2D eigenvalue weighted by Gasteiger charge is -2.60. The summed E-state index contributed by atoms with van der Waals surface area (Å²) in [6.45, 7) is 3.68. The van der Waals surface area contributed by atoms with Gasteiger partial charge in [0.1, 0.15) is 0 Å². The van der Waals surface area contributed by atoms with E-state index >= 15 is 0 Å². The summed E-state index contributed by atoms with van der Waals surface area (Å²) in [7, 11) is 2.00. The normalized spacial score (nSPS) is 33.6. The van der Waals surface area contributed by atoms with E-state index in [4.69, 9.17) is 9.47 Å². The molecule has 3 atom stereocenters. The number of hydrogen-bond acceptors (Lipinski definition) is 3. The van der Waals surface area contributed by atoms with E-state index in [1.807, 2.05) is 11.9 Å². The minimum atomic E-state index is 0.153. The average Bonchev–Trinajstić information content (AvgIpc) is 3.04. The highest BCUT2D eigenvalue weighted by Crippen LogP contribution is 2.55. The molecule has 0 radical (unpaired) electrons. The summed E-state index contributed by atoms with van der Waals surface area (Å²) in [5, 5.41) is 0. The van der Waals surface area contributed by atoms with Crippen LogP contribution in [0.2, 0.25) is 0 Å². The molecule has 0 aromatic rings. The third-order valence-electron chi connectivity index (χ3n) is 6.18. The smallest absolute Gasteiger partial charge is 0.225 e. The van der Waals surface area contributed by atoms with Gasteiger partial charge < -0.3 is 14.4 Å². The Bertz CT molecular complexity index is 386. The maximum Gasteiger partial charge on any atom is 0.225 e. The molecule has 0 aromatic carbocycles. The topological polar surface area (TPSA) is 38.8 Å². The van der Waals surface area contributed by atoms with Gasteiger partial charge in [0.2, 0.25) is 5.91 Å². The lowest BCUT2D eigenvalue weighted by molar-refractivity contribution is -0.185. The molecule has 126 valence electrons. The standard InChI is InChI=1S/C18H31NO3/c1-3-21-16-13-15(18(16)9-5-4-6-10-18)19(2)17(20)12-14-8-7-11-22-14/h14-16H,3-13H2,1-2H3/t14-,15+,16+/m0/s1. The van der Waals surface area contributed by atoms with Crippen molar-refractivity contribution in [1.29, 1.82) is 0 Å². The summed E-state index contributed by atoms with van der Waals surface area (Å²) in [5.41, 5.74) is 0.231. The molecule has 22 heavy (non-hydrogen) atoms. The van der Waals surface area contributed by atoms with E-state index in [1.165, 1.54) is 32.1 Å². The largest absolute Gasteiger partial charge is 0.378 e. The second kappa shape index (κ2) is 6.88. The summed E-state index contributed by atoms with van der Waals surface area (Å²) in [4.78, 5) is 14.7. The van der Waals surface area contributed by atoms with Gasteiger partial charge in [0.25, 0.3) is 0 Å². The Hall–Kier alpha value is -0.610. The van der Waals surface area contributed by atoms with Crippen LogP contribution in [0.5, 0.6) is 0 Å². The number of rotatable bonds is 5. The van der Waals surface area contributed by atoms with Gasteiger partial charge >= 0.3 is 0 Å². The van der Waals surface area contributed by atoms with Crippen molar-refractivity contribution in [1.82, 2.24) is 4.90 Å². The Balaban J connectivity index is 1.63. The molecule has 0 aromatic heterocycles. The number of carbonyl (C=O) groups excluding carboxylic acids is 1. The van der Waals surface area contributed by atoms with Crippen molar-refractivity contribution >= 4 is 5.91 Å². The summed E-state index contributed by atoms with van der Waals surface area (Å²) in [6, 6.07) is 0.373. The van der Waals surface area contributed by atoms with Crippen LogP contribution in [0.1, 0.15) is 64.7 Å². The van der Waals surface area contributed by atoms with Gasteiger partial charge in [0, 0.05) is 31.7 Å². The highest BCUT2D eigenvalue weighted by atomic mass is 16.5. The fourth-order valence-electron chi connectivity index (χ4n) is 4.89. The summed E-state index contributed by atoms with van der Waals surface area (Å²) in [6.07, 6.45) is 10.6. The van der Waals surface area contributed by atoms with Crippen LogP contribution in [0.3, 0.4) is 0 Å². The number of carbonyl (C=O) groups is 1. The molecule has 1 amide bonds. The molecule has 2 aliphatic carbocycles. The third kappa shape index (κ3) is 2.92. The number of nitrogens with zero attached hydrogens (tertiary/aromatic N) is 1. The van der Waals surface area contributed by atoms with Crippen LogP contribution < -0.4 is 0 Å². The molecule has 3 fully saturated rings. The Morgan fingerprint density at radius 2 is 2.05 bits per heavy atom. The van der Waals surface area contributed by atoms with E-state index in [1.54, 1.807) is 0 Å². The van der Waals surface area contributed by atoms with Gasteiger partial charge in [-0.05, 0) is 39.0 Å². The summed E-state index contributed by atoms with van der Waals surface area (Å²) >= 11 is 0. The van der Waals surface area contributed by atoms with Crippen LogP contribution in [0, 0.1) is 5.41 Å². The molecule has 2 saturated carbocycles. The van der Waals surface area contributed by atoms with E-state index in [-0.39, 0.29) is 17.4 Å². The van der Waals surface area contributed by atoms with Crippen LogP contribution in [0.25, 0.3) is 0 Å². The molecule has 1 spiro atoms. The zero-order chi connectivity index (χ0) is 15.6. The Labute approximate surface area is 134 Å². The molecule has 0 N–H and O–H groups in total. The second-order valence-corrected chi connectivity index (χ2v) is 7.33. The van der Waals surface area contributed by atoms with Crippen molar-refractivity contribution in [3.63, 3.8) is 0 Å². The van der Waals surface area contributed by atoms with Crippen LogP contribution in [0.15, 0.2) is 0 Å². The molecular weight excluding hydrogens is 278 g/mol. The lowest BCUT2D eigenvalue weighted by Crippen LogP contribution is -2.65. The first kappa shape index (κ1) is 16.3. The molecular formula is C18H31NO3. The molecule has 1 heterocycles. The Morgan fingerprint density at radius 3 is 2.68 bits per heavy atom. The number of amides is 1. The van der Waals surface area contributed by atoms with Gasteiger partial charge in [-0.2, -0.15) is 0 Å². The maximum absolute atomic E-state index is 12.6. The molecule has 0 bridgehead atoms. The van der Waals surface area contributed by atoms with Crippen LogP contribution in [-0.4, -0.2) is 49.3 Å².